The predicted molar refractivity (Wildman–Crippen MR) is 81.5 cm³/mol. The first kappa shape index (κ1) is 17.6. The maximum absolute atomic E-state index is 5.54. The zero-order valence-electron chi connectivity index (χ0n) is 12.7. The van der Waals surface area contributed by atoms with Crippen molar-refractivity contribution in [3.8, 4) is 0 Å². The number of nitrogens with two attached hydrogens (primary N) is 1. The van der Waals surface area contributed by atoms with Crippen LogP contribution in [0.3, 0.4) is 0 Å². The first-order chi connectivity index (χ1) is 8.57. The van der Waals surface area contributed by atoms with Crippen LogP contribution < -0.4 is 16.4 Å². The van der Waals surface area contributed by atoms with Gasteiger partial charge in [-0.05, 0) is 31.6 Å². The molecule has 0 saturated carbocycles. The third kappa shape index (κ3) is 7.85. The van der Waals surface area contributed by atoms with Crippen LogP contribution in [0.5, 0.6) is 0 Å². The predicted octanol–water partition coefficient (Wildman–Crippen LogP) is 2.63. The van der Waals surface area contributed by atoms with Crippen LogP contribution in [0.4, 0.5) is 0 Å². The zero-order valence-corrected chi connectivity index (χ0v) is 12.7. The van der Waals surface area contributed by atoms with Crippen LogP contribution in [0.25, 0.3) is 0 Å². The van der Waals surface area contributed by atoms with E-state index < -0.39 is 0 Å². The van der Waals surface area contributed by atoms with Crippen molar-refractivity contribution in [2.75, 3.05) is 6.67 Å². The summed E-state index contributed by atoms with van der Waals surface area (Å²) in [5.74, 6) is 0.748. The van der Waals surface area contributed by atoms with Crippen molar-refractivity contribution < 1.29 is 0 Å². The molecule has 0 aliphatic carbocycles. The fourth-order valence-corrected chi connectivity index (χ4v) is 2.33. The van der Waals surface area contributed by atoms with E-state index in [1.54, 1.807) is 0 Å². The number of nitrogens with one attached hydrogen (secondary N) is 2. The van der Waals surface area contributed by atoms with Gasteiger partial charge in [-0.15, -0.1) is 6.58 Å². The highest BCUT2D eigenvalue weighted by Gasteiger charge is 2.16. The standard InChI is InChI=1S/C15H33N3/c1-6-13(17-11-16)10-15(8-3)18-14(7-2)9-12(4)5/h6,12-15,17-18H,1,7-11,16H2,2-5H3. The molecular formula is C15H33N3. The summed E-state index contributed by atoms with van der Waals surface area (Å²) in [6.07, 6.45) is 6.60. The summed E-state index contributed by atoms with van der Waals surface area (Å²) >= 11 is 0. The monoisotopic (exact) mass is 255 g/mol. The van der Waals surface area contributed by atoms with Crippen LogP contribution >= 0.6 is 0 Å². The molecule has 4 N–H and O–H groups in total. The molecule has 3 nitrogen and oxygen atoms in total. The highest BCUT2D eigenvalue weighted by Crippen LogP contribution is 2.12. The molecular weight excluding hydrogens is 222 g/mol. The average Bonchev–Trinajstić information content (AvgIpc) is 2.35. The van der Waals surface area contributed by atoms with Crippen LogP contribution in [-0.4, -0.2) is 24.8 Å². The fourth-order valence-electron chi connectivity index (χ4n) is 2.33. The summed E-state index contributed by atoms with van der Waals surface area (Å²) in [5, 5.41) is 7.03. The van der Waals surface area contributed by atoms with Crippen LogP contribution in [0.2, 0.25) is 0 Å². The summed E-state index contributed by atoms with van der Waals surface area (Å²) in [7, 11) is 0. The van der Waals surface area contributed by atoms with E-state index in [2.05, 4.69) is 44.9 Å². The Hall–Kier alpha value is -0.380. The maximum Gasteiger partial charge on any atom is 0.0433 e. The van der Waals surface area contributed by atoms with Crippen molar-refractivity contribution in [1.82, 2.24) is 10.6 Å². The van der Waals surface area contributed by atoms with Gasteiger partial charge in [0.15, 0.2) is 0 Å². The van der Waals surface area contributed by atoms with Crippen LogP contribution in [0.15, 0.2) is 12.7 Å². The second kappa shape index (κ2) is 10.5. The Morgan fingerprint density at radius 3 is 2.06 bits per heavy atom. The van der Waals surface area contributed by atoms with Gasteiger partial charge in [-0.25, -0.2) is 0 Å². The first-order valence-corrected chi connectivity index (χ1v) is 7.39. The minimum atomic E-state index is 0.309. The van der Waals surface area contributed by atoms with Crippen LogP contribution in [0, 0.1) is 5.92 Å². The van der Waals surface area contributed by atoms with Crippen molar-refractivity contribution in [2.24, 2.45) is 11.7 Å². The lowest BCUT2D eigenvalue weighted by Gasteiger charge is -2.28. The van der Waals surface area contributed by atoms with Crippen LogP contribution in [-0.2, 0) is 0 Å². The normalized spacial score (nSPS) is 16.6. The van der Waals surface area contributed by atoms with E-state index in [0.29, 0.717) is 24.8 Å². The lowest BCUT2D eigenvalue weighted by molar-refractivity contribution is 0.331. The SMILES string of the molecule is C=CC(CC(CC)NC(CC)CC(C)C)NCN. The topological polar surface area (TPSA) is 50.1 Å². The minimum absolute atomic E-state index is 0.309. The molecule has 0 aromatic rings. The molecule has 3 atom stereocenters. The Labute approximate surface area is 114 Å². The van der Waals surface area contributed by atoms with Crippen molar-refractivity contribution in [2.45, 2.75) is 71.5 Å². The summed E-state index contributed by atoms with van der Waals surface area (Å²) in [6, 6.07) is 1.47. The molecule has 0 aromatic carbocycles. The molecule has 0 radical (unpaired) electrons. The molecule has 0 aromatic heterocycles. The quantitative estimate of drug-likeness (QED) is 0.393. The second-order valence-corrected chi connectivity index (χ2v) is 5.49. The van der Waals surface area contributed by atoms with Gasteiger partial charge in [-0.2, -0.15) is 0 Å². The average molecular weight is 255 g/mol. The van der Waals surface area contributed by atoms with Gasteiger partial charge in [-0.3, -0.25) is 5.32 Å². The molecule has 3 unspecified atom stereocenters. The zero-order chi connectivity index (χ0) is 14.0. The van der Waals surface area contributed by atoms with Crippen molar-refractivity contribution >= 4 is 0 Å². The molecule has 0 bridgehead atoms. The van der Waals surface area contributed by atoms with Crippen molar-refractivity contribution in [1.29, 1.82) is 0 Å². The van der Waals surface area contributed by atoms with Gasteiger partial charge < -0.3 is 11.1 Å². The lowest BCUT2D eigenvalue weighted by atomic mass is 9.98. The Balaban J connectivity index is 4.25. The van der Waals surface area contributed by atoms with E-state index in [1.165, 1.54) is 12.8 Å². The fraction of sp³-hybridized carbons (Fsp3) is 0.867. The molecule has 18 heavy (non-hydrogen) atoms. The van der Waals surface area contributed by atoms with Crippen molar-refractivity contribution in [3.63, 3.8) is 0 Å². The summed E-state index contributed by atoms with van der Waals surface area (Å²) < 4.78 is 0. The second-order valence-electron chi connectivity index (χ2n) is 5.49. The minimum Gasteiger partial charge on any atom is -0.318 e. The Morgan fingerprint density at radius 1 is 1.11 bits per heavy atom. The third-order valence-corrected chi connectivity index (χ3v) is 3.42. The van der Waals surface area contributed by atoms with Gasteiger partial charge >= 0.3 is 0 Å². The lowest BCUT2D eigenvalue weighted by Crippen LogP contribution is -2.43. The molecule has 108 valence electrons. The third-order valence-electron chi connectivity index (χ3n) is 3.42. The van der Waals surface area contributed by atoms with Gasteiger partial charge in [-0.1, -0.05) is 33.8 Å². The van der Waals surface area contributed by atoms with Crippen molar-refractivity contribution in [3.05, 3.63) is 12.7 Å². The molecule has 0 saturated heterocycles. The summed E-state index contributed by atoms with van der Waals surface area (Å²) in [4.78, 5) is 0. The van der Waals surface area contributed by atoms with Gasteiger partial charge in [0, 0.05) is 24.8 Å². The molecule has 3 heteroatoms. The Kier molecular flexibility index (Phi) is 10.3. The largest absolute Gasteiger partial charge is 0.318 e. The van der Waals surface area contributed by atoms with Gasteiger partial charge in [0.2, 0.25) is 0 Å². The highest BCUT2D eigenvalue weighted by atomic mass is 15.0. The van der Waals surface area contributed by atoms with E-state index in [-0.39, 0.29) is 0 Å². The van der Waals surface area contributed by atoms with E-state index in [0.717, 1.165) is 18.8 Å². The maximum atomic E-state index is 5.54. The molecule has 0 aliphatic rings. The molecule has 0 rings (SSSR count). The van der Waals surface area contributed by atoms with E-state index in [1.807, 2.05) is 6.08 Å². The molecule has 0 aliphatic heterocycles. The van der Waals surface area contributed by atoms with Crippen LogP contribution in [0.1, 0.15) is 53.4 Å². The highest BCUT2D eigenvalue weighted by molar-refractivity contribution is 4.89. The molecule has 0 fully saturated rings. The smallest absolute Gasteiger partial charge is 0.0433 e. The number of hydrogen-bond acceptors (Lipinski definition) is 3. The van der Waals surface area contributed by atoms with Gasteiger partial charge in [0.25, 0.3) is 0 Å². The molecule has 0 spiro atoms. The Bertz CT molecular complexity index is 204. The number of rotatable bonds is 11. The summed E-state index contributed by atoms with van der Waals surface area (Å²) in [5.41, 5.74) is 5.54. The Morgan fingerprint density at radius 2 is 1.67 bits per heavy atom. The van der Waals surface area contributed by atoms with E-state index in [9.17, 15) is 0 Å². The van der Waals surface area contributed by atoms with E-state index >= 15 is 0 Å². The summed E-state index contributed by atoms with van der Waals surface area (Å²) in [6.45, 7) is 13.4. The van der Waals surface area contributed by atoms with E-state index in [4.69, 9.17) is 5.73 Å². The molecule has 0 heterocycles. The number of hydrogen-bond donors (Lipinski definition) is 3. The van der Waals surface area contributed by atoms with Gasteiger partial charge in [0.1, 0.15) is 0 Å². The molecule has 0 amide bonds. The first-order valence-electron chi connectivity index (χ1n) is 7.39. The van der Waals surface area contributed by atoms with Gasteiger partial charge in [0.05, 0.1) is 0 Å².